The van der Waals surface area contributed by atoms with Crippen LogP contribution in [-0.4, -0.2) is 67.8 Å². The lowest BCUT2D eigenvalue weighted by Gasteiger charge is -2.12. The first-order chi connectivity index (χ1) is 9.57. The molecule has 1 saturated carbocycles. The summed E-state index contributed by atoms with van der Waals surface area (Å²) in [5.74, 6) is -0.599. The lowest BCUT2D eigenvalue weighted by molar-refractivity contribution is -0.153. The average Bonchev–Trinajstić information content (AvgIpc) is 3.04. The Morgan fingerprint density at radius 2 is 1.30 bits per heavy atom. The van der Waals surface area contributed by atoms with E-state index >= 15 is 0 Å². The standard InChI is InChI=1S/C6H12O3S.C6H16O3Si/c1-7-4-5(10)6(4,8-2)9-3;1-4-7-10(8-5-2)9-6-3/h4-5,10H,1-3H3;10H,4-6H2,1-3H3. The van der Waals surface area contributed by atoms with E-state index in [0.717, 1.165) is 0 Å². The van der Waals surface area contributed by atoms with Crippen molar-refractivity contribution >= 4 is 22.2 Å². The van der Waals surface area contributed by atoms with Crippen LogP contribution in [0.5, 0.6) is 0 Å². The molecule has 0 N–H and O–H groups in total. The van der Waals surface area contributed by atoms with Gasteiger partial charge in [0.05, 0.1) is 5.25 Å². The molecule has 1 rings (SSSR count). The quantitative estimate of drug-likeness (QED) is 0.389. The van der Waals surface area contributed by atoms with Crippen LogP contribution in [0.3, 0.4) is 0 Å². The van der Waals surface area contributed by atoms with Gasteiger partial charge in [-0.1, -0.05) is 0 Å². The van der Waals surface area contributed by atoms with E-state index in [1.54, 1.807) is 21.3 Å². The minimum atomic E-state index is -1.73. The Hall–Kier alpha value is 0.327. The number of hydrogen-bond donors (Lipinski definition) is 1. The van der Waals surface area contributed by atoms with Crippen molar-refractivity contribution in [2.75, 3.05) is 41.2 Å². The number of rotatable bonds is 9. The zero-order valence-corrected chi connectivity index (χ0v) is 15.3. The van der Waals surface area contributed by atoms with E-state index in [1.165, 1.54) is 0 Å². The Kier molecular flexibility index (Phi) is 11.1. The van der Waals surface area contributed by atoms with E-state index in [0.29, 0.717) is 19.8 Å². The molecule has 20 heavy (non-hydrogen) atoms. The molecule has 0 aliphatic heterocycles. The second-order valence-electron chi connectivity index (χ2n) is 3.89. The molecular formula is C12H28O6SSi. The summed E-state index contributed by atoms with van der Waals surface area (Å²) in [6.07, 6.45) is -0.0363. The Bertz CT molecular complexity index is 228. The van der Waals surface area contributed by atoms with Gasteiger partial charge in [0, 0.05) is 41.2 Å². The largest absolute Gasteiger partial charge is 0.484 e. The lowest BCUT2D eigenvalue weighted by atomic mass is 10.7. The Morgan fingerprint density at radius 1 is 0.900 bits per heavy atom. The minimum absolute atomic E-state index is 0.0347. The van der Waals surface area contributed by atoms with E-state index in [1.807, 2.05) is 20.8 Å². The van der Waals surface area contributed by atoms with Crippen LogP contribution in [-0.2, 0) is 27.5 Å². The predicted octanol–water partition coefficient (Wildman–Crippen LogP) is 1.12. The van der Waals surface area contributed by atoms with Gasteiger partial charge in [-0.15, -0.1) is 0 Å². The van der Waals surface area contributed by atoms with E-state index in [9.17, 15) is 0 Å². The van der Waals surface area contributed by atoms with Crippen molar-refractivity contribution in [2.24, 2.45) is 0 Å². The summed E-state index contributed by atoms with van der Waals surface area (Å²) in [5, 5.41) is 0.0347. The second-order valence-corrected chi connectivity index (χ2v) is 6.02. The molecule has 1 fully saturated rings. The molecule has 0 aromatic rings. The van der Waals surface area contributed by atoms with Gasteiger partial charge in [-0.3, -0.25) is 0 Å². The number of thiol groups is 1. The zero-order chi connectivity index (χ0) is 15.6. The van der Waals surface area contributed by atoms with Gasteiger partial charge in [-0.2, -0.15) is 12.6 Å². The molecule has 6 nitrogen and oxygen atoms in total. The first-order valence-electron chi connectivity index (χ1n) is 6.73. The third-order valence-corrected chi connectivity index (χ3v) is 5.23. The molecule has 0 saturated heterocycles. The maximum atomic E-state index is 5.22. The molecule has 0 aromatic heterocycles. The van der Waals surface area contributed by atoms with Crippen LogP contribution < -0.4 is 0 Å². The van der Waals surface area contributed by atoms with Crippen LogP contribution in [0.1, 0.15) is 20.8 Å². The molecule has 122 valence electrons. The molecule has 2 unspecified atom stereocenters. The summed E-state index contributed by atoms with van der Waals surface area (Å²) in [5.41, 5.74) is 0. The monoisotopic (exact) mass is 328 g/mol. The fraction of sp³-hybridized carbons (Fsp3) is 1.00. The topological polar surface area (TPSA) is 55.4 Å². The molecule has 1 aliphatic carbocycles. The summed E-state index contributed by atoms with van der Waals surface area (Å²) < 4.78 is 30.9. The minimum Gasteiger partial charge on any atom is -0.376 e. The number of ether oxygens (including phenoxy) is 3. The SMILES string of the molecule is CCO[SiH](OCC)OCC.COC1C(S)C1(OC)OC. The number of methoxy groups -OCH3 is 3. The maximum absolute atomic E-state index is 5.22. The summed E-state index contributed by atoms with van der Waals surface area (Å²) >= 11 is 4.22. The average molecular weight is 329 g/mol. The van der Waals surface area contributed by atoms with Crippen molar-refractivity contribution in [2.45, 2.75) is 37.9 Å². The smallest absolute Gasteiger partial charge is 0.376 e. The summed E-state index contributed by atoms with van der Waals surface area (Å²) in [7, 11) is 3.06. The van der Waals surface area contributed by atoms with Crippen LogP contribution in [0.25, 0.3) is 0 Å². The number of hydrogen-bond acceptors (Lipinski definition) is 7. The fourth-order valence-corrected chi connectivity index (χ4v) is 3.41. The third kappa shape index (κ3) is 5.61. The van der Waals surface area contributed by atoms with Crippen molar-refractivity contribution in [3.05, 3.63) is 0 Å². The molecule has 0 heterocycles. The van der Waals surface area contributed by atoms with Crippen molar-refractivity contribution in [1.82, 2.24) is 0 Å². The summed E-state index contributed by atoms with van der Waals surface area (Å²) in [6.45, 7) is 7.86. The van der Waals surface area contributed by atoms with Gasteiger partial charge in [0.1, 0.15) is 6.10 Å². The van der Waals surface area contributed by atoms with Crippen molar-refractivity contribution in [3.8, 4) is 0 Å². The van der Waals surface area contributed by atoms with E-state index < -0.39 is 15.3 Å². The van der Waals surface area contributed by atoms with Gasteiger partial charge in [0.25, 0.3) is 0 Å². The molecular weight excluding hydrogens is 300 g/mol. The van der Waals surface area contributed by atoms with Crippen LogP contribution >= 0.6 is 12.6 Å². The highest BCUT2D eigenvalue weighted by Crippen LogP contribution is 2.46. The van der Waals surface area contributed by atoms with Crippen molar-refractivity contribution in [3.63, 3.8) is 0 Å². The Labute approximate surface area is 129 Å². The van der Waals surface area contributed by atoms with Gasteiger partial charge >= 0.3 is 9.53 Å². The molecule has 0 spiro atoms. The molecule has 1 aliphatic rings. The fourth-order valence-electron chi connectivity index (χ4n) is 1.70. The highest BCUT2D eigenvalue weighted by molar-refractivity contribution is 7.81. The first-order valence-corrected chi connectivity index (χ1v) is 8.66. The Balaban J connectivity index is 0.000000361. The lowest BCUT2D eigenvalue weighted by Crippen LogP contribution is -2.27. The summed E-state index contributed by atoms with van der Waals surface area (Å²) in [4.78, 5) is 0. The summed E-state index contributed by atoms with van der Waals surface area (Å²) in [6, 6.07) is 0. The van der Waals surface area contributed by atoms with Gasteiger partial charge in [0.2, 0.25) is 5.79 Å². The van der Waals surface area contributed by atoms with Gasteiger partial charge < -0.3 is 27.5 Å². The second kappa shape index (κ2) is 11.0. The normalized spacial score (nSPS) is 23.4. The van der Waals surface area contributed by atoms with Crippen LogP contribution in [0, 0.1) is 0 Å². The molecule has 0 bridgehead atoms. The van der Waals surface area contributed by atoms with Gasteiger partial charge in [-0.25, -0.2) is 0 Å². The molecule has 8 heteroatoms. The third-order valence-electron chi connectivity index (χ3n) is 2.79. The maximum Gasteiger partial charge on any atom is 0.484 e. The first kappa shape index (κ1) is 20.3. The highest BCUT2D eigenvalue weighted by atomic mass is 32.1. The molecule has 0 aromatic carbocycles. The zero-order valence-electron chi connectivity index (χ0n) is 13.3. The van der Waals surface area contributed by atoms with Crippen LogP contribution in [0.15, 0.2) is 0 Å². The van der Waals surface area contributed by atoms with Crippen LogP contribution in [0.2, 0.25) is 0 Å². The van der Waals surface area contributed by atoms with Crippen LogP contribution in [0.4, 0.5) is 0 Å². The van der Waals surface area contributed by atoms with Gasteiger partial charge in [-0.05, 0) is 20.8 Å². The van der Waals surface area contributed by atoms with E-state index in [-0.39, 0.29) is 11.4 Å². The Morgan fingerprint density at radius 3 is 1.45 bits per heavy atom. The predicted molar refractivity (Wildman–Crippen MR) is 82.3 cm³/mol. The highest BCUT2D eigenvalue weighted by Gasteiger charge is 2.66. The van der Waals surface area contributed by atoms with E-state index in [4.69, 9.17) is 27.5 Å². The molecule has 0 radical (unpaired) electrons. The van der Waals surface area contributed by atoms with Crippen molar-refractivity contribution < 1.29 is 27.5 Å². The molecule has 0 amide bonds. The molecule has 2 atom stereocenters. The van der Waals surface area contributed by atoms with Gasteiger partial charge in [0.15, 0.2) is 0 Å². The van der Waals surface area contributed by atoms with Crippen molar-refractivity contribution in [1.29, 1.82) is 0 Å². The van der Waals surface area contributed by atoms with E-state index in [2.05, 4.69) is 12.6 Å².